The summed E-state index contributed by atoms with van der Waals surface area (Å²) in [6, 6.07) is 4.02. The van der Waals surface area contributed by atoms with Crippen LogP contribution in [0, 0.1) is 5.82 Å². The fourth-order valence-corrected chi connectivity index (χ4v) is 0.838. The van der Waals surface area contributed by atoms with E-state index in [0.717, 1.165) is 12.1 Å². The molecule has 0 radical (unpaired) electrons. The number of phenolic OH excluding ortho intramolecular Hbond substituents is 1. The Morgan fingerprint density at radius 3 is 2.85 bits per heavy atom. The highest BCUT2D eigenvalue weighted by Crippen LogP contribution is 2.21. The van der Waals surface area contributed by atoms with Crippen LogP contribution >= 0.6 is 0 Å². The number of carbonyl (C=O) groups excluding carboxylic acids is 1. The van der Waals surface area contributed by atoms with Crippen molar-refractivity contribution in [1.29, 1.82) is 0 Å². The Bertz CT molecular complexity index is 361. The maximum atomic E-state index is 12.7. The van der Waals surface area contributed by atoms with Crippen LogP contribution in [0.3, 0.4) is 0 Å². The van der Waals surface area contributed by atoms with Crippen molar-refractivity contribution in [3.8, 4) is 5.75 Å². The van der Waals surface area contributed by atoms with E-state index < -0.39 is 17.5 Å². The minimum atomic E-state index is -0.730. The first-order valence-electron chi connectivity index (χ1n) is 3.56. The maximum Gasteiger partial charge on any atom is 0.241 e. The molecule has 0 heterocycles. The van der Waals surface area contributed by atoms with Crippen LogP contribution in [-0.4, -0.2) is 11.0 Å². The lowest BCUT2D eigenvalue weighted by Crippen LogP contribution is -2.05. The van der Waals surface area contributed by atoms with Gasteiger partial charge in [0.1, 0.15) is 0 Å². The van der Waals surface area contributed by atoms with Gasteiger partial charge < -0.3 is 10.8 Å². The molecule has 0 aliphatic carbocycles. The predicted octanol–water partition coefficient (Wildman–Crippen LogP) is 1.03. The lowest BCUT2D eigenvalue weighted by Gasteiger charge is -1.98. The average Bonchev–Trinajstić information content (AvgIpc) is 2.07. The van der Waals surface area contributed by atoms with Gasteiger partial charge in [-0.3, -0.25) is 4.79 Å². The molecule has 0 saturated carbocycles. The molecule has 0 atom stereocenters. The van der Waals surface area contributed by atoms with E-state index in [0.29, 0.717) is 0 Å². The summed E-state index contributed by atoms with van der Waals surface area (Å²) in [6.07, 6.45) is 2.30. The Kier molecular flexibility index (Phi) is 2.64. The number of halogens is 1. The average molecular weight is 181 g/mol. The van der Waals surface area contributed by atoms with Gasteiger partial charge >= 0.3 is 0 Å². The van der Waals surface area contributed by atoms with Crippen molar-refractivity contribution in [1.82, 2.24) is 0 Å². The summed E-state index contributed by atoms with van der Waals surface area (Å²) in [4.78, 5) is 10.3. The normalized spacial score (nSPS) is 10.5. The summed E-state index contributed by atoms with van der Waals surface area (Å²) >= 11 is 0. The molecule has 0 aromatic heterocycles. The van der Waals surface area contributed by atoms with Crippen LogP contribution in [0.4, 0.5) is 4.39 Å². The van der Waals surface area contributed by atoms with Crippen LogP contribution in [0.2, 0.25) is 0 Å². The fourth-order valence-electron chi connectivity index (χ4n) is 0.838. The van der Waals surface area contributed by atoms with E-state index in [9.17, 15) is 9.18 Å². The molecule has 1 rings (SSSR count). The fraction of sp³-hybridized carbons (Fsp3) is 0. The largest absolute Gasteiger partial charge is 0.504 e. The van der Waals surface area contributed by atoms with E-state index >= 15 is 0 Å². The highest BCUT2D eigenvalue weighted by molar-refractivity contribution is 5.90. The number of aromatic hydroxyl groups is 1. The van der Waals surface area contributed by atoms with Crippen LogP contribution < -0.4 is 5.73 Å². The zero-order valence-corrected chi connectivity index (χ0v) is 6.70. The number of para-hydroxylation sites is 1. The molecular formula is C9H8FNO2. The van der Waals surface area contributed by atoms with E-state index in [4.69, 9.17) is 10.8 Å². The molecule has 1 amide bonds. The van der Waals surface area contributed by atoms with Gasteiger partial charge in [-0.1, -0.05) is 12.1 Å². The van der Waals surface area contributed by atoms with Crippen LogP contribution in [0.25, 0.3) is 6.08 Å². The summed E-state index contributed by atoms with van der Waals surface area (Å²) < 4.78 is 12.7. The van der Waals surface area contributed by atoms with Crippen LogP contribution in [0.15, 0.2) is 24.3 Å². The van der Waals surface area contributed by atoms with E-state index in [1.54, 1.807) is 0 Å². The lowest BCUT2D eigenvalue weighted by atomic mass is 10.2. The first kappa shape index (κ1) is 9.25. The van der Waals surface area contributed by atoms with Gasteiger partial charge in [-0.15, -0.1) is 0 Å². The van der Waals surface area contributed by atoms with Gasteiger partial charge in [0.25, 0.3) is 0 Å². The Morgan fingerprint density at radius 1 is 1.54 bits per heavy atom. The Hall–Kier alpha value is -1.84. The molecule has 0 fully saturated rings. The zero-order valence-electron chi connectivity index (χ0n) is 6.70. The third-order valence-electron chi connectivity index (χ3n) is 1.45. The first-order chi connectivity index (χ1) is 6.11. The number of benzene rings is 1. The number of rotatable bonds is 2. The SMILES string of the molecule is NC(=O)/C=C\c1cccc(F)c1O. The van der Waals surface area contributed by atoms with Crippen molar-refractivity contribution in [2.75, 3.05) is 0 Å². The molecule has 0 aliphatic heterocycles. The van der Waals surface area contributed by atoms with Gasteiger partial charge in [0.15, 0.2) is 11.6 Å². The number of hydrogen-bond donors (Lipinski definition) is 2. The molecule has 3 N–H and O–H groups in total. The van der Waals surface area contributed by atoms with Gasteiger partial charge in [-0.25, -0.2) is 4.39 Å². The number of primary amides is 1. The highest BCUT2D eigenvalue weighted by Gasteiger charge is 2.02. The number of carbonyl (C=O) groups is 1. The molecule has 13 heavy (non-hydrogen) atoms. The monoisotopic (exact) mass is 181 g/mol. The standard InChI is InChI=1S/C9H8FNO2/c10-7-3-1-2-6(9(7)13)4-5-8(11)12/h1-5,13H,(H2,11,12)/b5-4-. The molecule has 0 unspecified atom stereocenters. The topological polar surface area (TPSA) is 63.3 Å². The quantitative estimate of drug-likeness (QED) is 0.669. The second kappa shape index (κ2) is 3.71. The summed E-state index contributed by atoms with van der Waals surface area (Å²) in [5.41, 5.74) is 5.05. The van der Waals surface area contributed by atoms with Gasteiger partial charge in [-0.2, -0.15) is 0 Å². The summed E-state index contributed by atoms with van der Waals surface area (Å²) in [5, 5.41) is 9.13. The summed E-state index contributed by atoms with van der Waals surface area (Å²) in [6.45, 7) is 0. The summed E-state index contributed by atoms with van der Waals surface area (Å²) in [7, 11) is 0. The Labute approximate surface area is 74.3 Å². The van der Waals surface area contributed by atoms with E-state index in [2.05, 4.69) is 0 Å². The molecule has 1 aromatic rings. The number of nitrogens with two attached hydrogens (primary N) is 1. The third-order valence-corrected chi connectivity index (χ3v) is 1.45. The molecule has 1 aromatic carbocycles. The molecule has 0 aliphatic rings. The minimum absolute atomic E-state index is 0.221. The smallest absolute Gasteiger partial charge is 0.241 e. The first-order valence-corrected chi connectivity index (χ1v) is 3.56. The number of phenols is 1. The molecule has 68 valence electrons. The van der Waals surface area contributed by atoms with Gasteiger partial charge in [0, 0.05) is 11.6 Å². The third kappa shape index (κ3) is 2.30. The maximum absolute atomic E-state index is 12.7. The van der Waals surface area contributed by atoms with Gasteiger partial charge in [-0.05, 0) is 12.1 Å². The molecule has 0 saturated heterocycles. The number of amides is 1. The highest BCUT2D eigenvalue weighted by atomic mass is 19.1. The predicted molar refractivity (Wildman–Crippen MR) is 46.3 cm³/mol. The number of hydrogen-bond acceptors (Lipinski definition) is 2. The van der Waals surface area contributed by atoms with Gasteiger partial charge in [0.05, 0.1) is 0 Å². The molecule has 0 spiro atoms. The van der Waals surface area contributed by atoms with E-state index in [1.165, 1.54) is 18.2 Å². The van der Waals surface area contributed by atoms with Crippen molar-refractivity contribution in [2.24, 2.45) is 5.73 Å². The van der Waals surface area contributed by atoms with Crippen molar-refractivity contribution >= 4 is 12.0 Å². The molecule has 0 bridgehead atoms. The second-order valence-corrected chi connectivity index (χ2v) is 2.41. The van der Waals surface area contributed by atoms with Crippen LogP contribution in [-0.2, 0) is 4.79 Å². The zero-order chi connectivity index (χ0) is 9.84. The molecule has 4 heteroatoms. The second-order valence-electron chi connectivity index (χ2n) is 2.41. The Balaban J connectivity index is 3.02. The van der Waals surface area contributed by atoms with Crippen LogP contribution in [0.1, 0.15) is 5.56 Å². The summed E-state index contributed by atoms with van der Waals surface area (Å²) in [5.74, 6) is -1.87. The lowest BCUT2D eigenvalue weighted by molar-refractivity contribution is -0.113. The van der Waals surface area contributed by atoms with Gasteiger partial charge in [0.2, 0.25) is 5.91 Å². The van der Waals surface area contributed by atoms with Crippen LogP contribution in [0.5, 0.6) is 5.75 Å². The van der Waals surface area contributed by atoms with Crippen molar-refractivity contribution < 1.29 is 14.3 Å². The Morgan fingerprint density at radius 2 is 2.23 bits per heavy atom. The van der Waals surface area contributed by atoms with Crippen molar-refractivity contribution in [3.05, 3.63) is 35.7 Å². The van der Waals surface area contributed by atoms with Crippen molar-refractivity contribution in [2.45, 2.75) is 0 Å². The van der Waals surface area contributed by atoms with E-state index in [1.807, 2.05) is 0 Å². The molecule has 3 nitrogen and oxygen atoms in total. The van der Waals surface area contributed by atoms with Crippen molar-refractivity contribution in [3.63, 3.8) is 0 Å². The van der Waals surface area contributed by atoms with E-state index in [-0.39, 0.29) is 5.56 Å². The molecular weight excluding hydrogens is 173 g/mol. The minimum Gasteiger partial charge on any atom is -0.504 e.